The average Bonchev–Trinajstić information content (AvgIpc) is 3.10. The number of carbonyl (C=O) groups excluding carboxylic acids is 1. The maximum atomic E-state index is 12.2. The second-order valence-corrected chi connectivity index (χ2v) is 7.54. The number of nitrogens with zero attached hydrogens (tertiary/aromatic N) is 2. The molecule has 0 bridgehead atoms. The summed E-state index contributed by atoms with van der Waals surface area (Å²) >= 11 is 1.46. The maximum absolute atomic E-state index is 12.2. The summed E-state index contributed by atoms with van der Waals surface area (Å²) in [5, 5.41) is 3.97. The van der Waals surface area contributed by atoms with Crippen LogP contribution in [0.1, 0.15) is 32.6 Å². The van der Waals surface area contributed by atoms with Crippen LogP contribution in [-0.4, -0.2) is 34.4 Å². The number of amides is 1. The van der Waals surface area contributed by atoms with Gasteiger partial charge in [-0.1, -0.05) is 24.8 Å². The molecule has 6 heteroatoms. The molecule has 1 aliphatic rings. The fourth-order valence-corrected chi connectivity index (χ4v) is 3.94. The summed E-state index contributed by atoms with van der Waals surface area (Å²) in [6.07, 6.45) is 8.25. The molecule has 0 spiro atoms. The zero-order valence-electron chi connectivity index (χ0n) is 14.8. The first-order valence-electron chi connectivity index (χ1n) is 8.75. The molecule has 0 aliphatic heterocycles. The van der Waals surface area contributed by atoms with Crippen molar-refractivity contribution in [1.29, 1.82) is 0 Å². The first kappa shape index (κ1) is 17.9. The maximum Gasteiger partial charge on any atom is 0.230 e. The van der Waals surface area contributed by atoms with Gasteiger partial charge >= 0.3 is 0 Å². The smallest absolute Gasteiger partial charge is 0.230 e. The highest BCUT2D eigenvalue weighted by atomic mass is 32.2. The van der Waals surface area contributed by atoms with Gasteiger partial charge in [-0.05, 0) is 43.7 Å². The highest BCUT2D eigenvalue weighted by molar-refractivity contribution is 7.99. The van der Waals surface area contributed by atoms with Gasteiger partial charge in [-0.15, -0.1) is 0 Å². The van der Waals surface area contributed by atoms with E-state index in [1.807, 2.05) is 35.0 Å². The Kier molecular flexibility index (Phi) is 6.02. The van der Waals surface area contributed by atoms with Crippen LogP contribution in [0.2, 0.25) is 0 Å². The quantitative estimate of drug-likeness (QED) is 0.800. The van der Waals surface area contributed by atoms with Crippen molar-refractivity contribution in [3.05, 3.63) is 36.7 Å². The lowest BCUT2D eigenvalue weighted by molar-refractivity contribution is -0.119. The Balaban J connectivity index is 1.57. The molecule has 1 saturated carbocycles. The van der Waals surface area contributed by atoms with Crippen LogP contribution in [0, 0.1) is 5.92 Å². The van der Waals surface area contributed by atoms with Crippen LogP contribution in [0.15, 0.2) is 41.8 Å². The number of rotatable bonds is 6. The molecule has 25 heavy (non-hydrogen) atoms. The molecule has 134 valence electrons. The zero-order chi connectivity index (χ0) is 17.6. The number of thioether (sulfide) groups is 1. The van der Waals surface area contributed by atoms with Crippen molar-refractivity contribution in [3.8, 4) is 11.4 Å². The van der Waals surface area contributed by atoms with E-state index in [-0.39, 0.29) is 5.91 Å². The molecular weight excluding hydrogens is 334 g/mol. The summed E-state index contributed by atoms with van der Waals surface area (Å²) in [4.78, 5) is 16.6. The molecule has 1 N–H and O–H groups in total. The molecule has 0 atom stereocenters. The lowest BCUT2D eigenvalue weighted by Gasteiger charge is -2.26. The molecular formula is C19H25N3O2S. The molecule has 0 saturated heterocycles. The van der Waals surface area contributed by atoms with Crippen LogP contribution in [0.3, 0.4) is 0 Å². The summed E-state index contributed by atoms with van der Waals surface area (Å²) < 4.78 is 7.25. The van der Waals surface area contributed by atoms with E-state index < -0.39 is 0 Å². The number of imidazole rings is 1. The SMILES string of the molecule is COc1cccc(-n2ccnc2SCC(=O)NC2CCC(C)CC2)c1. The Hall–Kier alpha value is -1.95. The number of hydrogen-bond donors (Lipinski definition) is 1. The van der Waals surface area contributed by atoms with Crippen LogP contribution in [0.4, 0.5) is 0 Å². The second kappa shape index (κ2) is 8.43. The molecule has 5 nitrogen and oxygen atoms in total. The van der Waals surface area contributed by atoms with Crippen molar-refractivity contribution in [2.45, 2.75) is 43.8 Å². The van der Waals surface area contributed by atoms with Crippen LogP contribution >= 0.6 is 11.8 Å². The minimum atomic E-state index is 0.0877. The fraction of sp³-hybridized carbons (Fsp3) is 0.474. The third kappa shape index (κ3) is 4.78. The van der Waals surface area contributed by atoms with Crippen LogP contribution in [0.25, 0.3) is 5.69 Å². The first-order valence-corrected chi connectivity index (χ1v) is 9.74. The fourth-order valence-electron chi connectivity index (χ4n) is 3.16. The minimum Gasteiger partial charge on any atom is -0.497 e. The van der Waals surface area contributed by atoms with Crippen molar-refractivity contribution >= 4 is 17.7 Å². The summed E-state index contributed by atoms with van der Waals surface area (Å²) in [6, 6.07) is 8.14. The average molecular weight is 359 g/mol. The molecule has 1 aliphatic carbocycles. The van der Waals surface area contributed by atoms with Gasteiger partial charge in [0, 0.05) is 24.5 Å². The van der Waals surface area contributed by atoms with Crippen molar-refractivity contribution in [1.82, 2.24) is 14.9 Å². The molecule has 1 fully saturated rings. The van der Waals surface area contributed by atoms with E-state index in [0.717, 1.165) is 35.4 Å². The van der Waals surface area contributed by atoms with Gasteiger partial charge in [-0.3, -0.25) is 9.36 Å². The predicted octanol–water partition coefficient (Wildman–Crippen LogP) is 3.67. The van der Waals surface area contributed by atoms with E-state index >= 15 is 0 Å². The standard InChI is InChI=1S/C19H25N3O2S/c1-14-6-8-15(9-7-14)21-18(23)13-25-19-20-10-11-22(19)16-4-3-5-17(12-16)24-2/h3-5,10-12,14-15H,6-9,13H2,1-2H3,(H,21,23). The number of benzene rings is 1. The lowest BCUT2D eigenvalue weighted by atomic mass is 9.87. The van der Waals surface area contributed by atoms with Gasteiger partial charge in [-0.2, -0.15) is 0 Å². The second-order valence-electron chi connectivity index (χ2n) is 6.59. The van der Waals surface area contributed by atoms with E-state index in [4.69, 9.17) is 4.74 Å². The molecule has 1 aromatic carbocycles. The number of hydrogen-bond acceptors (Lipinski definition) is 4. The normalized spacial score (nSPS) is 20.2. The monoisotopic (exact) mass is 359 g/mol. The van der Waals surface area contributed by atoms with Crippen molar-refractivity contribution < 1.29 is 9.53 Å². The Morgan fingerprint density at radius 3 is 2.92 bits per heavy atom. The summed E-state index contributed by atoms with van der Waals surface area (Å²) in [7, 11) is 1.65. The molecule has 3 rings (SSSR count). The predicted molar refractivity (Wildman–Crippen MR) is 100 cm³/mol. The van der Waals surface area contributed by atoms with Gasteiger partial charge in [0.05, 0.1) is 18.6 Å². The van der Waals surface area contributed by atoms with Gasteiger partial charge in [-0.25, -0.2) is 4.98 Å². The summed E-state index contributed by atoms with van der Waals surface area (Å²) in [5.41, 5.74) is 0.973. The lowest BCUT2D eigenvalue weighted by Crippen LogP contribution is -2.38. The first-order chi connectivity index (χ1) is 12.2. The molecule has 0 unspecified atom stereocenters. The van der Waals surface area contributed by atoms with Crippen molar-refractivity contribution in [3.63, 3.8) is 0 Å². The molecule has 2 aromatic rings. The largest absolute Gasteiger partial charge is 0.497 e. The van der Waals surface area contributed by atoms with E-state index in [9.17, 15) is 4.79 Å². The zero-order valence-corrected chi connectivity index (χ0v) is 15.6. The third-order valence-corrected chi connectivity index (χ3v) is 5.62. The highest BCUT2D eigenvalue weighted by Gasteiger charge is 2.20. The summed E-state index contributed by atoms with van der Waals surface area (Å²) in [6.45, 7) is 2.28. The number of aromatic nitrogens is 2. The van der Waals surface area contributed by atoms with Crippen molar-refractivity contribution in [2.75, 3.05) is 12.9 Å². The number of nitrogens with one attached hydrogen (secondary N) is 1. The number of carbonyl (C=O) groups is 1. The third-order valence-electron chi connectivity index (χ3n) is 4.65. The number of ether oxygens (including phenoxy) is 1. The molecule has 1 amide bonds. The number of methoxy groups -OCH3 is 1. The Morgan fingerprint density at radius 1 is 1.36 bits per heavy atom. The van der Waals surface area contributed by atoms with Crippen molar-refractivity contribution in [2.24, 2.45) is 5.92 Å². The molecule has 1 aromatic heterocycles. The Morgan fingerprint density at radius 2 is 2.16 bits per heavy atom. The molecule has 0 radical (unpaired) electrons. The van der Waals surface area contributed by atoms with Gasteiger partial charge in [0.15, 0.2) is 5.16 Å². The summed E-state index contributed by atoms with van der Waals surface area (Å²) in [5.74, 6) is 2.06. The van der Waals surface area contributed by atoms with Gasteiger partial charge in [0.1, 0.15) is 5.75 Å². The van der Waals surface area contributed by atoms with E-state index in [2.05, 4.69) is 17.2 Å². The highest BCUT2D eigenvalue weighted by Crippen LogP contribution is 2.25. The van der Waals surface area contributed by atoms with Gasteiger partial charge in [0.25, 0.3) is 0 Å². The topological polar surface area (TPSA) is 56.2 Å². The molecule has 1 heterocycles. The Bertz CT molecular complexity index is 708. The van der Waals surface area contributed by atoms with Crippen LogP contribution in [-0.2, 0) is 4.79 Å². The van der Waals surface area contributed by atoms with Gasteiger partial charge < -0.3 is 10.1 Å². The van der Waals surface area contributed by atoms with Crippen LogP contribution < -0.4 is 10.1 Å². The minimum absolute atomic E-state index is 0.0877. The van der Waals surface area contributed by atoms with Crippen LogP contribution in [0.5, 0.6) is 5.75 Å². The van der Waals surface area contributed by atoms with E-state index in [0.29, 0.717) is 11.8 Å². The Labute approximate surface area is 153 Å². The van der Waals surface area contributed by atoms with E-state index in [1.54, 1.807) is 13.3 Å². The van der Waals surface area contributed by atoms with Gasteiger partial charge in [0.2, 0.25) is 5.91 Å². The van der Waals surface area contributed by atoms with E-state index in [1.165, 1.54) is 24.6 Å².